The average molecular weight is 111 g/mol. The predicted octanol–water partition coefficient (Wildman–Crippen LogP) is 0.935. The van der Waals surface area contributed by atoms with Gasteiger partial charge in [-0.3, -0.25) is 0 Å². The van der Waals surface area contributed by atoms with Gasteiger partial charge >= 0.3 is 0 Å². The Morgan fingerprint density at radius 3 is 2.75 bits per heavy atom. The molecule has 1 heterocycles. The Kier molecular flexibility index (Phi) is 1.50. The zero-order valence-electron chi connectivity index (χ0n) is 4.92. The van der Waals surface area contributed by atoms with Crippen molar-refractivity contribution >= 4 is 0 Å². The number of hydrogen-bond acceptors (Lipinski definition) is 2. The molecule has 0 N–H and O–H groups in total. The van der Waals surface area contributed by atoms with Crippen LogP contribution in [0.15, 0.2) is 0 Å². The van der Waals surface area contributed by atoms with Gasteiger partial charge in [0.15, 0.2) is 0 Å². The van der Waals surface area contributed by atoms with Gasteiger partial charge in [-0.2, -0.15) is 5.26 Å². The lowest BCUT2D eigenvalue weighted by atomic mass is 10.1. The van der Waals surface area contributed by atoms with E-state index in [0.717, 1.165) is 13.0 Å². The largest absolute Gasteiger partial charge is 0.377 e. The van der Waals surface area contributed by atoms with Crippen molar-refractivity contribution in [3.63, 3.8) is 0 Å². The topological polar surface area (TPSA) is 33.0 Å². The summed E-state index contributed by atoms with van der Waals surface area (Å²) in [5.41, 5.74) is 0. The Morgan fingerprint density at radius 2 is 2.50 bits per heavy atom. The second-order valence-electron chi connectivity index (χ2n) is 2.10. The molecule has 0 aliphatic carbocycles. The molecule has 1 aliphatic rings. The molecule has 0 aromatic heterocycles. The fourth-order valence-corrected chi connectivity index (χ4v) is 0.901. The summed E-state index contributed by atoms with van der Waals surface area (Å²) in [6.07, 6.45) is 1.08. The summed E-state index contributed by atoms with van der Waals surface area (Å²) in [5.74, 6) is 0.148. The summed E-state index contributed by atoms with van der Waals surface area (Å²) in [7, 11) is 0. The van der Waals surface area contributed by atoms with Gasteiger partial charge in [0.2, 0.25) is 0 Å². The number of ether oxygens (including phenoxy) is 1. The van der Waals surface area contributed by atoms with Crippen LogP contribution in [0.25, 0.3) is 0 Å². The highest BCUT2D eigenvalue weighted by Gasteiger charge is 2.22. The van der Waals surface area contributed by atoms with E-state index in [4.69, 9.17) is 10.00 Å². The van der Waals surface area contributed by atoms with Crippen LogP contribution >= 0.6 is 0 Å². The van der Waals surface area contributed by atoms with Gasteiger partial charge in [-0.05, 0) is 13.3 Å². The summed E-state index contributed by atoms with van der Waals surface area (Å²) in [5, 5.41) is 8.41. The quantitative estimate of drug-likeness (QED) is 0.466. The first kappa shape index (κ1) is 5.58. The van der Waals surface area contributed by atoms with Crippen molar-refractivity contribution in [2.24, 2.45) is 5.92 Å². The Morgan fingerprint density at radius 1 is 1.75 bits per heavy atom. The van der Waals surface area contributed by atoms with Gasteiger partial charge in [0, 0.05) is 6.61 Å². The first-order valence-electron chi connectivity index (χ1n) is 2.86. The smallest absolute Gasteiger partial charge is 0.0744 e. The van der Waals surface area contributed by atoms with Gasteiger partial charge in [-0.25, -0.2) is 0 Å². The summed E-state index contributed by atoms with van der Waals surface area (Å²) < 4.78 is 5.13. The van der Waals surface area contributed by atoms with Crippen LogP contribution in [-0.4, -0.2) is 12.7 Å². The van der Waals surface area contributed by atoms with Crippen LogP contribution in [0.5, 0.6) is 0 Å². The molecule has 1 aliphatic heterocycles. The molecule has 0 aromatic carbocycles. The molecule has 2 nitrogen and oxygen atoms in total. The molecule has 0 amide bonds. The third-order valence-corrected chi connectivity index (χ3v) is 1.54. The van der Waals surface area contributed by atoms with Crippen LogP contribution in [-0.2, 0) is 4.74 Å². The second kappa shape index (κ2) is 2.15. The molecule has 0 bridgehead atoms. The van der Waals surface area contributed by atoms with Crippen LogP contribution in [0, 0.1) is 17.2 Å². The fraction of sp³-hybridized carbons (Fsp3) is 0.833. The third-order valence-electron chi connectivity index (χ3n) is 1.54. The standard InChI is InChI=1S/C6H9NO/c1-5-6(4-7)2-3-8-5/h5-6H,2-3H2,1H3. The maximum absolute atomic E-state index is 8.41. The van der Waals surface area contributed by atoms with Crippen molar-refractivity contribution in [2.45, 2.75) is 19.4 Å². The summed E-state index contributed by atoms with van der Waals surface area (Å²) in [4.78, 5) is 0. The van der Waals surface area contributed by atoms with Crippen LogP contribution < -0.4 is 0 Å². The molecule has 8 heavy (non-hydrogen) atoms. The van der Waals surface area contributed by atoms with Crippen LogP contribution in [0.1, 0.15) is 13.3 Å². The molecule has 2 atom stereocenters. The van der Waals surface area contributed by atoms with Crippen molar-refractivity contribution in [3.05, 3.63) is 0 Å². The van der Waals surface area contributed by atoms with Crippen molar-refractivity contribution in [1.82, 2.24) is 0 Å². The van der Waals surface area contributed by atoms with Crippen molar-refractivity contribution < 1.29 is 4.74 Å². The Hall–Kier alpha value is -0.550. The van der Waals surface area contributed by atoms with Crippen LogP contribution in [0.2, 0.25) is 0 Å². The lowest BCUT2D eigenvalue weighted by molar-refractivity contribution is 0.115. The zero-order valence-corrected chi connectivity index (χ0v) is 4.92. The minimum atomic E-state index is 0.148. The van der Waals surface area contributed by atoms with Gasteiger partial charge in [-0.1, -0.05) is 0 Å². The van der Waals surface area contributed by atoms with Gasteiger partial charge in [0.05, 0.1) is 18.1 Å². The zero-order chi connectivity index (χ0) is 5.98. The molecule has 0 saturated carbocycles. The predicted molar refractivity (Wildman–Crippen MR) is 29.1 cm³/mol. The summed E-state index contributed by atoms with van der Waals surface area (Å²) in [6.45, 7) is 2.71. The molecule has 1 rings (SSSR count). The normalized spacial score (nSPS) is 37.0. The maximum atomic E-state index is 8.41. The highest BCUT2D eigenvalue weighted by Crippen LogP contribution is 2.18. The second-order valence-corrected chi connectivity index (χ2v) is 2.10. The van der Waals surface area contributed by atoms with Crippen molar-refractivity contribution in [3.8, 4) is 6.07 Å². The number of rotatable bonds is 0. The fourth-order valence-electron chi connectivity index (χ4n) is 0.901. The molecule has 44 valence electrons. The van der Waals surface area contributed by atoms with E-state index in [0.29, 0.717) is 0 Å². The highest BCUT2D eigenvalue weighted by atomic mass is 16.5. The van der Waals surface area contributed by atoms with E-state index >= 15 is 0 Å². The van der Waals surface area contributed by atoms with Gasteiger partial charge in [0.25, 0.3) is 0 Å². The minimum absolute atomic E-state index is 0.148. The van der Waals surface area contributed by atoms with E-state index < -0.39 is 0 Å². The molecule has 2 unspecified atom stereocenters. The van der Waals surface area contributed by atoms with Crippen molar-refractivity contribution in [2.75, 3.05) is 6.61 Å². The Labute approximate surface area is 49.1 Å². The molecule has 1 saturated heterocycles. The van der Waals surface area contributed by atoms with E-state index in [2.05, 4.69) is 6.07 Å². The molecule has 0 radical (unpaired) electrons. The third kappa shape index (κ3) is 0.823. The van der Waals surface area contributed by atoms with Crippen LogP contribution in [0.4, 0.5) is 0 Å². The SMILES string of the molecule is CC1OCCC1C#N. The molecule has 0 spiro atoms. The van der Waals surface area contributed by atoms with Crippen LogP contribution in [0.3, 0.4) is 0 Å². The number of nitrogens with zero attached hydrogens (tertiary/aromatic N) is 1. The molecule has 2 heteroatoms. The average Bonchev–Trinajstić information content (AvgIpc) is 2.14. The lowest BCUT2D eigenvalue weighted by Crippen LogP contribution is -2.07. The first-order valence-corrected chi connectivity index (χ1v) is 2.86. The summed E-state index contributed by atoms with van der Waals surface area (Å²) >= 11 is 0. The Bertz CT molecular complexity index is 116. The van der Waals surface area contributed by atoms with E-state index in [1.54, 1.807) is 0 Å². The summed E-state index contributed by atoms with van der Waals surface area (Å²) in [6, 6.07) is 2.19. The van der Waals surface area contributed by atoms with Gasteiger partial charge in [0.1, 0.15) is 0 Å². The van der Waals surface area contributed by atoms with E-state index in [1.807, 2.05) is 6.92 Å². The van der Waals surface area contributed by atoms with E-state index in [9.17, 15) is 0 Å². The monoisotopic (exact) mass is 111 g/mol. The lowest BCUT2D eigenvalue weighted by Gasteiger charge is -2.01. The Balaban J connectivity index is 2.45. The van der Waals surface area contributed by atoms with Crippen molar-refractivity contribution in [1.29, 1.82) is 5.26 Å². The van der Waals surface area contributed by atoms with Gasteiger partial charge in [-0.15, -0.1) is 0 Å². The van der Waals surface area contributed by atoms with E-state index in [1.165, 1.54) is 0 Å². The molecular formula is C6H9NO. The molecule has 1 fully saturated rings. The number of nitriles is 1. The maximum Gasteiger partial charge on any atom is 0.0744 e. The minimum Gasteiger partial charge on any atom is -0.377 e. The highest BCUT2D eigenvalue weighted by molar-refractivity contribution is 4.90. The number of hydrogen-bond donors (Lipinski definition) is 0. The first-order chi connectivity index (χ1) is 3.84. The molecular weight excluding hydrogens is 102 g/mol. The van der Waals surface area contributed by atoms with Gasteiger partial charge < -0.3 is 4.74 Å². The molecule has 0 aromatic rings. The van der Waals surface area contributed by atoms with E-state index in [-0.39, 0.29) is 12.0 Å².